The number of aryl methyl sites for hydroxylation is 1. The maximum atomic E-state index is 5.72. The zero-order valence-corrected chi connectivity index (χ0v) is 13.4. The van der Waals surface area contributed by atoms with Crippen LogP contribution in [0.1, 0.15) is 35.3 Å². The Hall–Kier alpha value is -1.63. The summed E-state index contributed by atoms with van der Waals surface area (Å²) >= 11 is 1.62. The van der Waals surface area contributed by atoms with Gasteiger partial charge in [0.2, 0.25) is 0 Å². The first-order valence-electron chi connectivity index (χ1n) is 6.97. The van der Waals surface area contributed by atoms with Crippen molar-refractivity contribution in [1.82, 2.24) is 10.4 Å². The fourth-order valence-corrected chi connectivity index (χ4v) is 2.98. The molecule has 0 saturated heterocycles. The van der Waals surface area contributed by atoms with Gasteiger partial charge in [-0.25, -0.2) is 10.4 Å². The smallest absolute Gasteiger partial charge is 0.161 e. The van der Waals surface area contributed by atoms with Gasteiger partial charge in [-0.2, -0.15) is 0 Å². The Morgan fingerprint density at radius 2 is 1.95 bits per heavy atom. The first-order chi connectivity index (χ1) is 10.2. The van der Waals surface area contributed by atoms with Crippen LogP contribution >= 0.6 is 11.3 Å². The Morgan fingerprint density at radius 1 is 1.24 bits per heavy atom. The zero-order valence-electron chi connectivity index (χ0n) is 12.6. The molecule has 2 aromatic rings. The highest BCUT2D eigenvalue weighted by Crippen LogP contribution is 2.33. The summed E-state index contributed by atoms with van der Waals surface area (Å²) in [7, 11) is 0. The van der Waals surface area contributed by atoms with Gasteiger partial charge in [0, 0.05) is 11.1 Å². The van der Waals surface area contributed by atoms with Crippen LogP contribution in [0.2, 0.25) is 0 Å². The molecular formula is C15H21N3O2S. The third-order valence-electron chi connectivity index (χ3n) is 2.99. The van der Waals surface area contributed by atoms with Gasteiger partial charge in [0.1, 0.15) is 0 Å². The molecule has 1 aromatic carbocycles. The molecule has 1 heterocycles. The van der Waals surface area contributed by atoms with Crippen LogP contribution in [-0.4, -0.2) is 18.2 Å². The van der Waals surface area contributed by atoms with Crippen LogP contribution in [0.5, 0.6) is 11.5 Å². The molecular weight excluding hydrogens is 286 g/mol. The number of hydrogen-bond acceptors (Lipinski definition) is 6. The van der Waals surface area contributed by atoms with Gasteiger partial charge < -0.3 is 9.47 Å². The van der Waals surface area contributed by atoms with E-state index in [1.165, 1.54) is 0 Å². The Kier molecular flexibility index (Phi) is 5.55. The first kappa shape index (κ1) is 15.8. The molecule has 0 radical (unpaired) electrons. The third kappa shape index (κ3) is 3.72. The lowest BCUT2D eigenvalue weighted by Crippen LogP contribution is -2.28. The van der Waals surface area contributed by atoms with Crippen molar-refractivity contribution >= 4 is 11.3 Å². The summed E-state index contributed by atoms with van der Waals surface area (Å²) in [6.45, 7) is 7.07. The molecule has 1 atom stereocenters. The molecule has 1 aromatic heterocycles. The fraction of sp³-hybridized carbons (Fsp3) is 0.400. The predicted molar refractivity (Wildman–Crippen MR) is 84.8 cm³/mol. The second-order valence-corrected chi connectivity index (χ2v) is 5.72. The van der Waals surface area contributed by atoms with Crippen molar-refractivity contribution in [2.24, 2.45) is 5.84 Å². The largest absolute Gasteiger partial charge is 0.490 e. The maximum Gasteiger partial charge on any atom is 0.161 e. The topological polar surface area (TPSA) is 69.4 Å². The molecule has 0 bridgehead atoms. The van der Waals surface area contributed by atoms with Crippen molar-refractivity contribution in [3.05, 3.63) is 39.8 Å². The number of nitrogens with two attached hydrogens (primary N) is 1. The highest BCUT2D eigenvalue weighted by atomic mass is 32.1. The summed E-state index contributed by atoms with van der Waals surface area (Å²) in [5.41, 5.74) is 3.86. The van der Waals surface area contributed by atoms with Crippen LogP contribution in [0.4, 0.5) is 0 Å². The minimum Gasteiger partial charge on any atom is -0.490 e. The van der Waals surface area contributed by atoms with E-state index in [0.717, 1.165) is 26.9 Å². The van der Waals surface area contributed by atoms with Gasteiger partial charge in [-0.05, 0) is 38.5 Å². The third-order valence-corrected chi connectivity index (χ3v) is 3.97. The van der Waals surface area contributed by atoms with E-state index in [2.05, 4.69) is 10.4 Å². The molecule has 21 heavy (non-hydrogen) atoms. The van der Waals surface area contributed by atoms with Crippen LogP contribution in [0.25, 0.3) is 0 Å². The van der Waals surface area contributed by atoms with E-state index in [1.807, 2.05) is 45.2 Å². The summed E-state index contributed by atoms with van der Waals surface area (Å²) in [4.78, 5) is 5.35. The van der Waals surface area contributed by atoms with Gasteiger partial charge in [0.25, 0.3) is 0 Å². The van der Waals surface area contributed by atoms with Crippen LogP contribution in [-0.2, 0) is 0 Å². The lowest BCUT2D eigenvalue weighted by atomic mass is 10.1. The van der Waals surface area contributed by atoms with Crippen molar-refractivity contribution in [2.45, 2.75) is 26.8 Å². The second kappa shape index (κ2) is 7.40. The summed E-state index contributed by atoms with van der Waals surface area (Å²) in [5.74, 6) is 7.21. The van der Waals surface area contributed by atoms with E-state index in [0.29, 0.717) is 13.2 Å². The van der Waals surface area contributed by atoms with Crippen LogP contribution in [0.15, 0.2) is 24.4 Å². The van der Waals surface area contributed by atoms with Gasteiger partial charge >= 0.3 is 0 Å². The molecule has 0 fully saturated rings. The monoisotopic (exact) mass is 307 g/mol. The number of rotatable bonds is 7. The first-order valence-corrected chi connectivity index (χ1v) is 7.79. The van der Waals surface area contributed by atoms with Gasteiger partial charge in [0.05, 0.1) is 24.3 Å². The van der Waals surface area contributed by atoms with E-state index in [4.69, 9.17) is 15.3 Å². The fourth-order valence-electron chi connectivity index (χ4n) is 2.10. The Morgan fingerprint density at radius 3 is 2.52 bits per heavy atom. The van der Waals surface area contributed by atoms with E-state index >= 15 is 0 Å². The van der Waals surface area contributed by atoms with Crippen molar-refractivity contribution < 1.29 is 9.47 Å². The normalized spacial score (nSPS) is 12.2. The highest BCUT2D eigenvalue weighted by molar-refractivity contribution is 7.11. The lowest BCUT2D eigenvalue weighted by molar-refractivity contribution is 0.287. The van der Waals surface area contributed by atoms with Crippen molar-refractivity contribution in [1.29, 1.82) is 0 Å². The number of nitrogens with zero attached hydrogens (tertiary/aromatic N) is 1. The molecule has 114 valence electrons. The molecule has 6 heteroatoms. The Labute approximate surface area is 129 Å². The maximum absolute atomic E-state index is 5.72. The number of nitrogens with one attached hydrogen (secondary N) is 1. The zero-order chi connectivity index (χ0) is 15.2. The van der Waals surface area contributed by atoms with E-state index in [-0.39, 0.29) is 6.04 Å². The van der Waals surface area contributed by atoms with Crippen LogP contribution in [0.3, 0.4) is 0 Å². The van der Waals surface area contributed by atoms with Crippen LogP contribution in [0, 0.1) is 6.92 Å². The molecule has 1 unspecified atom stereocenters. The lowest BCUT2D eigenvalue weighted by Gasteiger charge is -2.17. The summed E-state index contributed by atoms with van der Waals surface area (Å²) < 4.78 is 11.2. The molecule has 0 aliphatic carbocycles. The highest BCUT2D eigenvalue weighted by Gasteiger charge is 2.17. The Balaban J connectivity index is 2.35. The number of hydrogen-bond donors (Lipinski definition) is 2. The number of benzene rings is 1. The minimum absolute atomic E-state index is 0.105. The summed E-state index contributed by atoms with van der Waals surface area (Å²) in [6.07, 6.45) is 1.85. The molecule has 0 saturated carbocycles. The quantitative estimate of drug-likeness (QED) is 0.608. The minimum atomic E-state index is -0.105. The second-order valence-electron chi connectivity index (χ2n) is 4.45. The van der Waals surface area contributed by atoms with E-state index in [1.54, 1.807) is 11.3 Å². The molecule has 0 spiro atoms. The number of ether oxygens (including phenoxy) is 2. The summed E-state index contributed by atoms with van der Waals surface area (Å²) in [5, 5.41) is 1.02. The summed E-state index contributed by atoms with van der Waals surface area (Å²) in [6, 6.07) is 5.77. The average Bonchev–Trinajstić information content (AvgIpc) is 2.89. The molecule has 0 aliphatic rings. The van der Waals surface area contributed by atoms with E-state index < -0.39 is 0 Å². The predicted octanol–water partition coefficient (Wildman–Crippen LogP) is 2.80. The molecule has 3 N–H and O–H groups in total. The number of thiazole rings is 1. The number of aromatic nitrogens is 1. The van der Waals surface area contributed by atoms with Gasteiger partial charge in [0.15, 0.2) is 11.5 Å². The van der Waals surface area contributed by atoms with Crippen molar-refractivity contribution in [3.8, 4) is 11.5 Å². The van der Waals surface area contributed by atoms with E-state index in [9.17, 15) is 0 Å². The van der Waals surface area contributed by atoms with Crippen LogP contribution < -0.4 is 20.7 Å². The molecule has 2 rings (SSSR count). The molecule has 0 aliphatic heterocycles. The molecule has 5 nitrogen and oxygen atoms in total. The number of hydrazine groups is 1. The molecule has 0 amide bonds. The van der Waals surface area contributed by atoms with Crippen molar-refractivity contribution in [2.75, 3.05) is 13.2 Å². The standard InChI is InChI=1S/C15H21N3O2S/c1-4-19-12-7-6-11(8-13(12)20-5-2)15(18-16)14-9-17-10(3)21-14/h6-9,15,18H,4-5,16H2,1-3H3. The Bertz CT molecular complexity index is 586. The van der Waals surface area contributed by atoms with Gasteiger partial charge in [-0.15, -0.1) is 11.3 Å². The van der Waals surface area contributed by atoms with Gasteiger partial charge in [-0.3, -0.25) is 5.84 Å². The average molecular weight is 307 g/mol. The van der Waals surface area contributed by atoms with Gasteiger partial charge in [-0.1, -0.05) is 6.07 Å². The SMILES string of the molecule is CCOc1ccc(C(NN)c2cnc(C)s2)cc1OCC. The van der Waals surface area contributed by atoms with Crippen molar-refractivity contribution in [3.63, 3.8) is 0 Å².